The van der Waals surface area contributed by atoms with Crippen molar-refractivity contribution in [2.24, 2.45) is 0 Å². The molecule has 114 valence electrons. The number of hydrogen-bond donors (Lipinski definition) is 1. The van der Waals surface area contributed by atoms with Crippen LogP contribution < -0.4 is 5.32 Å². The van der Waals surface area contributed by atoms with Crippen molar-refractivity contribution in [3.05, 3.63) is 48.2 Å². The van der Waals surface area contributed by atoms with Crippen LogP contribution in [0.25, 0.3) is 0 Å². The standard InChI is InChI=1S/C16H17FN4O/c17-12-4-6-13(7-5-12)20-15-11-18-14(10-19-15)16(22)21-8-2-1-3-9-21/h4-7,10-11H,1-3,8-9H2,(H,19,20). The zero-order valence-electron chi connectivity index (χ0n) is 12.1. The van der Waals surface area contributed by atoms with Crippen LogP contribution in [0.3, 0.4) is 0 Å². The molecule has 0 unspecified atom stereocenters. The van der Waals surface area contributed by atoms with Crippen LogP contribution in [-0.4, -0.2) is 33.9 Å². The van der Waals surface area contributed by atoms with Gasteiger partial charge in [0, 0.05) is 18.8 Å². The molecule has 0 spiro atoms. The number of rotatable bonds is 3. The minimum Gasteiger partial charge on any atom is -0.339 e. The highest BCUT2D eigenvalue weighted by Gasteiger charge is 2.19. The summed E-state index contributed by atoms with van der Waals surface area (Å²) in [4.78, 5) is 22.5. The molecule has 0 saturated carbocycles. The molecule has 2 heterocycles. The monoisotopic (exact) mass is 300 g/mol. The van der Waals surface area contributed by atoms with Crippen LogP contribution in [0.4, 0.5) is 15.9 Å². The number of piperidine rings is 1. The molecule has 0 radical (unpaired) electrons. The Labute approximate surface area is 128 Å². The van der Waals surface area contributed by atoms with E-state index in [1.54, 1.807) is 12.1 Å². The molecular formula is C16H17FN4O. The lowest BCUT2D eigenvalue weighted by molar-refractivity contribution is 0.0718. The van der Waals surface area contributed by atoms with Gasteiger partial charge in [0.2, 0.25) is 0 Å². The van der Waals surface area contributed by atoms with Crippen LogP contribution in [0.1, 0.15) is 29.8 Å². The average molecular weight is 300 g/mol. The summed E-state index contributed by atoms with van der Waals surface area (Å²) in [5.74, 6) is 0.154. The molecule has 1 aromatic heterocycles. The number of hydrogen-bond acceptors (Lipinski definition) is 4. The van der Waals surface area contributed by atoms with Crippen molar-refractivity contribution in [2.45, 2.75) is 19.3 Å². The zero-order chi connectivity index (χ0) is 15.4. The van der Waals surface area contributed by atoms with Gasteiger partial charge < -0.3 is 10.2 Å². The van der Waals surface area contributed by atoms with Gasteiger partial charge in [0.15, 0.2) is 0 Å². The van der Waals surface area contributed by atoms with E-state index in [1.165, 1.54) is 30.9 Å². The quantitative estimate of drug-likeness (QED) is 0.946. The number of amides is 1. The third kappa shape index (κ3) is 3.39. The first-order valence-electron chi connectivity index (χ1n) is 7.36. The largest absolute Gasteiger partial charge is 0.339 e. The van der Waals surface area contributed by atoms with Crippen LogP contribution >= 0.6 is 0 Å². The van der Waals surface area contributed by atoms with E-state index in [0.29, 0.717) is 17.2 Å². The first-order chi connectivity index (χ1) is 10.7. The maximum Gasteiger partial charge on any atom is 0.274 e. The van der Waals surface area contributed by atoms with Gasteiger partial charge in [-0.2, -0.15) is 0 Å². The second kappa shape index (κ2) is 6.51. The first-order valence-corrected chi connectivity index (χ1v) is 7.36. The van der Waals surface area contributed by atoms with Crippen LogP contribution in [0.2, 0.25) is 0 Å². The predicted octanol–water partition coefficient (Wildman–Crippen LogP) is 2.99. The molecule has 1 aliphatic rings. The minimum atomic E-state index is -0.292. The van der Waals surface area contributed by atoms with Crippen LogP contribution in [0.15, 0.2) is 36.7 Å². The Morgan fingerprint density at radius 2 is 1.77 bits per heavy atom. The Morgan fingerprint density at radius 1 is 1.05 bits per heavy atom. The van der Waals surface area contributed by atoms with E-state index in [9.17, 15) is 9.18 Å². The first kappa shape index (κ1) is 14.4. The lowest BCUT2D eigenvalue weighted by Crippen LogP contribution is -2.36. The third-order valence-corrected chi connectivity index (χ3v) is 3.63. The normalized spacial score (nSPS) is 14.7. The molecular weight excluding hydrogens is 283 g/mol. The average Bonchev–Trinajstić information content (AvgIpc) is 2.58. The van der Waals surface area contributed by atoms with Crippen LogP contribution in [-0.2, 0) is 0 Å². The van der Waals surface area contributed by atoms with Crippen molar-refractivity contribution in [1.82, 2.24) is 14.9 Å². The van der Waals surface area contributed by atoms with Gasteiger partial charge in [0.1, 0.15) is 17.3 Å². The lowest BCUT2D eigenvalue weighted by atomic mass is 10.1. The highest BCUT2D eigenvalue weighted by atomic mass is 19.1. The van der Waals surface area contributed by atoms with Crippen molar-refractivity contribution in [3.8, 4) is 0 Å². The van der Waals surface area contributed by atoms with Crippen molar-refractivity contribution in [3.63, 3.8) is 0 Å². The summed E-state index contributed by atoms with van der Waals surface area (Å²) < 4.78 is 12.8. The third-order valence-electron chi connectivity index (χ3n) is 3.63. The summed E-state index contributed by atoms with van der Waals surface area (Å²) in [6.07, 6.45) is 6.26. The van der Waals surface area contributed by atoms with Gasteiger partial charge in [-0.15, -0.1) is 0 Å². The summed E-state index contributed by atoms with van der Waals surface area (Å²) in [6.45, 7) is 1.58. The molecule has 2 aromatic rings. The van der Waals surface area contributed by atoms with Crippen molar-refractivity contribution in [1.29, 1.82) is 0 Å². The SMILES string of the molecule is O=C(c1cnc(Nc2ccc(F)cc2)cn1)N1CCCCC1. The van der Waals surface area contributed by atoms with E-state index in [-0.39, 0.29) is 11.7 Å². The van der Waals surface area contributed by atoms with E-state index in [0.717, 1.165) is 25.9 Å². The van der Waals surface area contributed by atoms with Gasteiger partial charge in [-0.3, -0.25) is 4.79 Å². The molecule has 1 saturated heterocycles. The van der Waals surface area contributed by atoms with Gasteiger partial charge in [-0.25, -0.2) is 14.4 Å². The molecule has 0 aliphatic carbocycles. The van der Waals surface area contributed by atoms with E-state index < -0.39 is 0 Å². The van der Waals surface area contributed by atoms with E-state index in [4.69, 9.17) is 0 Å². The van der Waals surface area contributed by atoms with Gasteiger partial charge >= 0.3 is 0 Å². The molecule has 0 atom stereocenters. The number of nitrogens with one attached hydrogen (secondary N) is 1. The smallest absolute Gasteiger partial charge is 0.274 e. The number of likely N-dealkylation sites (tertiary alicyclic amines) is 1. The summed E-state index contributed by atoms with van der Waals surface area (Å²) >= 11 is 0. The molecule has 1 aromatic carbocycles. The molecule has 1 N–H and O–H groups in total. The molecule has 3 rings (SSSR count). The molecule has 22 heavy (non-hydrogen) atoms. The van der Waals surface area contributed by atoms with Gasteiger partial charge in [-0.1, -0.05) is 0 Å². The molecule has 6 heteroatoms. The van der Waals surface area contributed by atoms with Gasteiger partial charge in [-0.05, 0) is 43.5 Å². The van der Waals surface area contributed by atoms with E-state index in [2.05, 4.69) is 15.3 Å². The maximum absolute atomic E-state index is 12.8. The van der Waals surface area contributed by atoms with Crippen LogP contribution in [0, 0.1) is 5.82 Å². The number of anilines is 2. The number of benzene rings is 1. The Hall–Kier alpha value is -2.50. The molecule has 1 fully saturated rings. The molecule has 0 bridgehead atoms. The maximum atomic E-state index is 12.8. The molecule has 1 amide bonds. The van der Waals surface area contributed by atoms with Crippen molar-refractivity contribution < 1.29 is 9.18 Å². The van der Waals surface area contributed by atoms with E-state index in [1.807, 2.05) is 4.90 Å². The summed E-state index contributed by atoms with van der Waals surface area (Å²) in [7, 11) is 0. The van der Waals surface area contributed by atoms with E-state index >= 15 is 0 Å². The second-order valence-corrected chi connectivity index (χ2v) is 5.27. The Morgan fingerprint density at radius 3 is 2.41 bits per heavy atom. The second-order valence-electron chi connectivity index (χ2n) is 5.27. The summed E-state index contributed by atoms with van der Waals surface area (Å²) in [5.41, 5.74) is 1.07. The lowest BCUT2D eigenvalue weighted by Gasteiger charge is -2.26. The fourth-order valence-electron chi connectivity index (χ4n) is 2.44. The number of carbonyl (C=O) groups is 1. The fourth-order valence-corrected chi connectivity index (χ4v) is 2.44. The number of carbonyl (C=O) groups excluding carboxylic acids is 1. The Kier molecular flexibility index (Phi) is 4.27. The number of halogens is 1. The minimum absolute atomic E-state index is 0.0690. The molecule has 1 aliphatic heterocycles. The van der Waals surface area contributed by atoms with Crippen molar-refractivity contribution >= 4 is 17.4 Å². The van der Waals surface area contributed by atoms with Gasteiger partial charge in [0.05, 0.1) is 12.4 Å². The summed E-state index contributed by atoms with van der Waals surface area (Å²) in [6, 6.07) is 5.96. The highest BCUT2D eigenvalue weighted by molar-refractivity contribution is 5.92. The highest BCUT2D eigenvalue weighted by Crippen LogP contribution is 2.15. The van der Waals surface area contributed by atoms with Crippen LogP contribution in [0.5, 0.6) is 0 Å². The molecule has 5 nitrogen and oxygen atoms in total. The topological polar surface area (TPSA) is 58.1 Å². The van der Waals surface area contributed by atoms with Gasteiger partial charge in [0.25, 0.3) is 5.91 Å². The zero-order valence-corrected chi connectivity index (χ0v) is 12.1. The number of aromatic nitrogens is 2. The fraction of sp³-hybridized carbons (Fsp3) is 0.312. The predicted molar refractivity (Wildman–Crippen MR) is 81.5 cm³/mol. The summed E-state index contributed by atoms with van der Waals surface area (Å²) in [5, 5.41) is 3.01. The van der Waals surface area contributed by atoms with Crippen molar-refractivity contribution in [2.75, 3.05) is 18.4 Å². The number of nitrogens with zero attached hydrogens (tertiary/aromatic N) is 3. The Balaban J connectivity index is 1.66. The Bertz CT molecular complexity index is 636.